The van der Waals surface area contributed by atoms with E-state index in [0.717, 1.165) is 5.56 Å². The van der Waals surface area contributed by atoms with E-state index >= 15 is 0 Å². The minimum absolute atomic E-state index is 0.103. The number of nitrogens with one attached hydrogen (secondary N) is 1. The molecule has 0 bridgehead atoms. The van der Waals surface area contributed by atoms with Crippen molar-refractivity contribution >= 4 is 30.0 Å². The quantitative estimate of drug-likeness (QED) is 0.472. The average Bonchev–Trinajstić information content (AvgIpc) is 2.48. The summed E-state index contributed by atoms with van der Waals surface area (Å²) in [4.78, 5) is 26.2. The van der Waals surface area contributed by atoms with Crippen LogP contribution in [0.4, 0.5) is 5.69 Å². The second-order valence-electron chi connectivity index (χ2n) is 4.19. The van der Waals surface area contributed by atoms with Crippen LogP contribution in [0, 0.1) is 0 Å². The van der Waals surface area contributed by atoms with E-state index in [0.29, 0.717) is 43.7 Å². The van der Waals surface area contributed by atoms with Crippen molar-refractivity contribution in [1.29, 1.82) is 0 Å². The number of ether oxygens (including phenoxy) is 1. The molecule has 7 heteroatoms. The Morgan fingerprint density at radius 3 is 2.90 bits per heavy atom. The van der Waals surface area contributed by atoms with Gasteiger partial charge in [-0.1, -0.05) is 6.07 Å². The van der Waals surface area contributed by atoms with E-state index in [1.807, 2.05) is 12.1 Å². The van der Waals surface area contributed by atoms with Gasteiger partial charge >= 0.3 is 0 Å². The van der Waals surface area contributed by atoms with Gasteiger partial charge in [-0.05, 0) is 29.5 Å². The fraction of sp³-hybridized carbons (Fsp3) is 0.231. The van der Waals surface area contributed by atoms with Gasteiger partial charge in [0.05, 0.1) is 17.9 Å². The second kappa shape index (κ2) is 6.40. The van der Waals surface area contributed by atoms with Crippen molar-refractivity contribution in [3.8, 4) is 5.75 Å². The van der Waals surface area contributed by atoms with Crippen LogP contribution >= 0.6 is 11.8 Å². The van der Waals surface area contributed by atoms with Crippen molar-refractivity contribution in [3.05, 3.63) is 35.2 Å². The van der Waals surface area contributed by atoms with Gasteiger partial charge in [0.25, 0.3) is 0 Å². The van der Waals surface area contributed by atoms with E-state index in [1.54, 1.807) is 11.0 Å². The van der Waals surface area contributed by atoms with Gasteiger partial charge in [0.1, 0.15) is 18.1 Å². The monoisotopic (exact) mass is 295 g/mol. The molecule has 0 amide bonds. The molecule has 1 aromatic carbocycles. The van der Waals surface area contributed by atoms with Crippen LogP contribution in [0.1, 0.15) is 5.56 Å². The number of anilines is 1. The van der Waals surface area contributed by atoms with Crippen LogP contribution in [0.3, 0.4) is 0 Å². The van der Waals surface area contributed by atoms with Gasteiger partial charge < -0.3 is 15.4 Å². The topological polar surface area (TPSA) is 84.7 Å². The second-order valence-corrected chi connectivity index (χ2v) is 4.46. The van der Waals surface area contributed by atoms with Crippen LogP contribution in [-0.2, 0) is 16.1 Å². The van der Waals surface area contributed by atoms with Gasteiger partial charge in [0.2, 0.25) is 0 Å². The van der Waals surface area contributed by atoms with Crippen LogP contribution in [0.25, 0.3) is 0 Å². The summed E-state index contributed by atoms with van der Waals surface area (Å²) in [6.45, 7) is 1.31. The summed E-state index contributed by atoms with van der Waals surface area (Å²) in [6.07, 6.45) is 1.04. The number of benzene rings is 1. The third-order valence-electron chi connectivity index (χ3n) is 2.98. The van der Waals surface area contributed by atoms with Crippen LogP contribution in [0.2, 0.25) is 0 Å². The molecule has 106 valence electrons. The molecular weight excluding hydrogens is 282 g/mol. The molecule has 0 spiro atoms. The fourth-order valence-corrected chi connectivity index (χ4v) is 2.20. The molecule has 6 nitrogen and oxygen atoms in total. The molecule has 1 aliphatic rings. The molecule has 0 aromatic heterocycles. The lowest BCUT2D eigenvalue weighted by molar-refractivity contribution is -0.107. The van der Waals surface area contributed by atoms with Gasteiger partial charge in [-0.3, -0.25) is 9.59 Å². The molecule has 20 heavy (non-hydrogen) atoms. The molecule has 1 heterocycles. The Morgan fingerprint density at radius 1 is 1.45 bits per heavy atom. The molecule has 2 rings (SSSR count). The van der Waals surface area contributed by atoms with Crippen molar-refractivity contribution in [2.75, 3.05) is 18.1 Å². The number of aldehydes is 2. The van der Waals surface area contributed by atoms with Crippen molar-refractivity contribution in [1.82, 2.24) is 4.84 Å². The Bertz CT molecular complexity index is 560. The molecular formula is C13H14ClN3O3. The Kier molecular flexibility index (Phi) is 4.60. The SMILES string of the molecule is N/C(C=O)=C(/C=O)N1CCOc2ccc(CNCl)cc21. The van der Waals surface area contributed by atoms with Crippen LogP contribution in [-0.4, -0.2) is 25.7 Å². The summed E-state index contributed by atoms with van der Waals surface area (Å²) in [5.74, 6) is 0.632. The molecule has 1 aromatic rings. The number of allylic oxidation sites excluding steroid dienone is 2. The first-order chi connectivity index (χ1) is 9.71. The Balaban J connectivity index is 2.47. The zero-order valence-corrected chi connectivity index (χ0v) is 11.4. The number of carbonyl (C=O) groups is 2. The zero-order valence-electron chi connectivity index (χ0n) is 10.6. The summed E-state index contributed by atoms with van der Waals surface area (Å²) in [7, 11) is 0. The molecule has 0 radical (unpaired) electrons. The van der Waals surface area contributed by atoms with Gasteiger partial charge in [0, 0.05) is 6.54 Å². The van der Waals surface area contributed by atoms with Crippen molar-refractivity contribution in [2.45, 2.75) is 6.54 Å². The van der Waals surface area contributed by atoms with Gasteiger partial charge in [-0.2, -0.15) is 0 Å². The van der Waals surface area contributed by atoms with Gasteiger partial charge in [0.15, 0.2) is 12.6 Å². The lowest BCUT2D eigenvalue weighted by Gasteiger charge is -2.31. The molecule has 0 fully saturated rings. The van der Waals surface area contributed by atoms with Crippen LogP contribution in [0.15, 0.2) is 29.6 Å². The minimum atomic E-state index is -0.103. The summed E-state index contributed by atoms with van der Waals surface area (Å²) >= 11 is 5.49. The maximum atomic E-state index is 11.2. The molecule has 0 saturated carbocycles. The van der Waals surface area contributed by atoms with E-state index in [2.05, 4.69) is 4.84 Å². The normalized spacial score (nSPS) is 14.9. The third-order valence-corrected chi connectivity index (χ3v) is 3.12. The van der Waals surface area contributed by atoms with E-state index in [1.165, 1.54) is 0 Å². The highest BCUT2D eigenvalue weighted by Gasteiger charge is 2.23. The molecule has 1 aliphatic heterocycles. The van der Waals surface area contributed by atoms with E-state index < -0.39 is 0 Å². The molecule has 3 N–H and O–H groups in total. The molecule has 0 unspecified atom stereocenters. The van der Waals surface area contributed by atoms with Crippen LogP contribution in [0.5, 0.6) is 5.75 Å². The molecule has 0 aliphatic carbocycles. The first-order valence-corrected chi connectivity index (χ1v) is 6.36. The summed E-state index contributed by atoms with van der Waals surface area (Å²) in [5, 5.41) is 0. The van der Waals surface area contributed by atoms with Gasteiger partial charge in [-0.15, -0.1) is 0 Å². The number of carbonyl (C=O) groups excluding carboxylic acids is 2. The lowest BCUT2D eigenvalue weighted by Crippen LogP contribution is -2.34. The maximum absolute atomic E-state index is 11.2. The summed E-state index contributed by atoms with van der Waals surface area (Å²) in [6, 6.07) is 5.50. The summed E-state index contributed by atoms with van der Waals surface area (Å²) < 4.78 is 5.53. The smallest absolute Gasteiger partial charge is 0.168 e. The third kappa shape index (κ3) is 2.76. The first kappa shape index (κ1) is 14.4. The van der Waals surface area contributed by atoms with E-state index in [9.17, 15) is 9.59 Å². The lowest BCUT2D eigenvalue weighted by atomic mass is 10.1. The van der Waals surface area contributed by atoms with E-state index in [-0.39, 0.29) is 11.4 Å². The Hall–Kier alpha value is -2.05. The Labute approximate surface area is 121 Å². The predicted octanol–water partition coefficient (Wildman–Crippen LogP) is 0.697. The number of nitrogens with zero attached hydrogens (tertiary/aromatic N) is 1. The predicted molar refractivity (Wildman–Crippen MR) is 75.3 cm³/mol. The standard InChI is InChI=1S/C13H14ClN3O3/c14-16-6-9-1-2-13-11(5-9)17(3-4-20-13)12(8-19)10(15)7-18/h1-2,5,7-8,16H,3-4,6,15H2/b12-10-. The first-order valence-electron chi connectivity index (χ1n) is 5.98. The van der Waals surface area contributed by atoms with Crippen molar-refractivity contribution in [2.24, 2.45) is 5.73 Å². The largest absolute Gasteiger partial charge is 0.490 e. The molecule has 0 atom stereocenters. The van der Waals surface area contributed by atoms with Gasteiger partial charge in [-0.25, -0.2) is 4.84 Å². The van der Waals surface area contributed by atoms with E-state index in [4.69, 9.17) is 22.2 Å². The summed E-state index contributed by atoms with van der Waals surface area (Å²) in [5.41, 5.74) is 7.22. The number of halogens is 1. The zero-order chi connectivity index (χ0) is 14.5. The molecule has 0 saturated heterocycles. The number of rotatable bonds is 5. The average molecular weight is 296 g/mol. The maximum Gasteiger partial charge on any atom is 0.168 e. The minimum Gasteiger partial charge on any atom is -0.490 e. The number of fused-ring (bicyclic) bond motifs is 1. The number of nitrogens with two attached hydrogens (primary N) is 1. The number of hydrogen-bond acceptors (Lipinski definition) is 6. The highest BCUT2D eigenvalue weighted by atomic mass is 35.5. The Morgan fingerprint density at radius 2 is 2.25 bits per heavy atom. The van der Waals surface area contributed by atoms with Crippen LogP contribution < -0.4 is 20.2 Å². The number of hydrogen-bond donors (Lipinski definition) is 2. The fourth-order valence-electron chi connectivity index (χ4n) is 2.05. The highest BCUT2D eigenvalue weighted by Crippen LogP contribution is 2.34. The van der Waals surface area contributed by atoms with Crippen molar-refractivity contribution in [3.63, 3.8) is 0 Å². The van der Waals surface area contributed by atoms with Crippen molar-refractivity contribution < 1.29 is 14.3 Å². The highest BCUT2D eigenvalue weighted by molar-refractivity contribution is 6.13.